The van der Waals surface area contributed by atoms with E-state index in [2.05, 4.69) is 22.8 Å². The predicted octanol–water partition coefficient (Wildman–Crippen LogP) is 5.21. The van der Waals surface area contributed by atoms with Crippen LogP contribution >= 0.6 is 22.9 Å². The van der Waals surface area contributed by atoms with E-state index in [1.54, 1.807) is 23.5 Å². The number of thiophene rings is 1. The third-order valence-corrected chi connectivity index (χ3v) is 4.46. The van der Waals surface area contributed by atoms with Crippen molar-refractivity contribution in [3.63, 3.8) is 0 Å². The van der Waals surface area contributed by atoms with Crippen LogP contribution in [-0.4, -0.2) is 6.54 Å². The third kappa shape index (κ3) is 4.30. The molecule has 20 heavy (non-hydrogen) atoms. The molecule has 4 heteroatoms. The van der Waals surface area contributed by atoms with E-state index < -0.39 is 0 Å². The van der Waals surface area contributed by atoms with Crippen molar-refractivity contribution in [2.45, 2.75) is 32.2 Å². The average Bonchev–Trinajstić information content (AvgIpc) is 2.91. The molecule has 2 rings (SSSR count). The highest BCUT2D eigenvalue weighted by Gasteiger charge is 2.14. The molecular weight excluding hydrogens is 293 g/mol. The minimum atomic E-state index is -0.223. The Morgan fingerprint density at radius 3 is 2.85 bits per heavy atom. The summed E-state index contributed by atoms with van der Waals surface area (Å²) in [7, 11) is 0. The maximum atomic E-state index is 14.0. The number of halogens is 2. The molecule has 0 bridgehead atoms. The van der Waals surface area contributed by atoms with Crippen LogP contribution in [0.1, 0.15) is 36.2 Å². The lowest BCUT2D eigenvalue weighted by molar-refractivity contribution is 0.473. The highest BCUT2D eigenvalue weighted by atomic mass is 35.5. The van der Waals surface area contributed by atoms with Gasteiger partial charge in [-0.3, -0.25) is 0 Å². The van der Waals surface area contributed by atoms with Gasteiger partial charge in [0.15, 0.2) is 0 Å². The van der Waals surface area contributed by atoms with Gasteiger partial charge in [0.25, 0.3) is 0 Å². The van der Waals surface area contributed by atoms with Gasteiger partial charge >= 0.3 is 0 Å². The molecule has 0 aliphatic heterocycles. The highest BCUT2D eigenvalue weighted by molar-refractivity contribution is 7.09. The van der Waals surface area contributed by atoms with Crippen molar-refractivity contribution in [3.05, 3.63) is 57.0 Å². The summed E-state index contributed by atoms with van der Waals surface area (Å²) in [5.41, 5.74) is 0.711. The zero-order chi connectivity index (χ0) is 14.4. The molecule has 1 N–H and O–H groups in total. The van der Waals surface area contributed by atoms with Gasteiger partial charge in [-0.05, 0) is 49.4 Å². The standard InChI is InChI=1S/C16H19ClFNS/c1-2-19-16(7-3-5-13-6-4-10-20-13)14-9-8-12(17)11-15(14)18/h4,6,8-11,16,19H,2-3,5,7H2,1H3. The summed E-state index contributed by atoms with van der Waals surface area (Å²) in [4.78, 5) is 1.39. The molecule has 0 amide bonds. The van der Waals surface area contributed by atoms with Crippen molar-refractivity contribution < 1.29 is 4.39 Å². The molecule has 0 saturated carbocycles. The predicted molar refractivity (Wildman–Crippen MR) is 85.1 cm³/mol. The number of hydrogen-bond acceptors (Lipinski definition) is 2. The zero-order valence-corrected chi connectivity index (χ0v) is 13.1. The van der Waals surface area contributed by atoms with Crippen LogP contribution < -0.4 is 5.32 Å². The molecule has 1 atom stereocenters. The fraction of sp³-hybridized carbons (Fsp3) is 0.375. The van der Waals surface area contributed by atoms with Gasteiger partial charge in [0, 0.05) is 21.5 Å². The van der Waals surface area contributed by atoms with Crippen molar-refractivity contribution in [1.29, 1.82) is 0 Å². The zero-order valence-electron chi connectivity index (χ0n) is 11.5. The molecule has 108 valence electrons. The van der Waals surface area contributed by atoms with Crippen molar-refractivity contribution in [2.24, 2.45) is 0 Å². The van der Waals surface area contributed by atoms with E-state index in [4.69, 9.17) is 11.6 Å². The summed E-state index contributed by atoms with van der Waals surface area (Å²) in [5, 5.41) is 5.90. The van der Waals surface area contributed by atoms with Crippen LogP contribution in [0.5, 0.6) is 0 Å². The fourth-order valence-corrected chi connectivity index (χ4v) is 3.24. The third-order valence-electron chi connectivity index (χ3n) is 3.28. The summed E-state index contributed by atoms with van der Waals surface area (Å²) < 4.78 is 14.0. The molecule has 1 aromatic carbocycles. The molecule has 1 heterocycles. The minimum Gasteiger partial charge on any atom is -0.310 e. The largest absolute Gasteiger partial charge is 0.310 e. The van der Waals surface area contributed by atoms with E-state index in [0.717, 1.165) is 25.8 Å². The van der Waals surface area contributed by atoms with E-state index >= 15 is 0 Å². The molecule has 2 aromatic rings. The first-order valence-electron chi connectivity index (χ1n) is 6.91. The second-order valence-corrected chi connectivity index (χ2v) is 6.22. The van der Waals surface area contributed by atoms with E-state index in [-0.39, 0.29) is 11.9 Å². The van der Waals surface area contributed by atoms with E-state index in [9.17, 15) is 4.39 Å². The van der Waals surface area contributed by atoms with Gasteiger partial charge in [-0.25, -0.2) is 4.39 Å². The van der Waals surface area contributed by atoms with Crippen LogP contribution in [0, 0.1) is 5.82 Å². The van der Waals surface area contributed by atoms with E-state index in [1.807, 2.05) is 6.92 Å². The Kier molecular flexibility index (Phi) is 6.02. The second kappa shape index (κ2) is 7.77. The first-order valence-corrected chi connectivity index (χ1v) is 8.17. The van der Waals surface area contributed by atoms with Crippen molar-refractivity contribution in [1.82, 2.24) is 5.32 Å². The van der Waals surface area contributed by atoms with Gasteiger partial charge in [0.2, 0.25) is 0 Å². The Morgan fingerprint density at radius 1 is 1.35 bits per heavy atom. The monoisotopic (exact) mass is 311 g/mol. The summed E-state index contributed by atoms with van der Waals surface area (Å²) in [6, 6.07) is 9.20. The number of benzene rings is 1. The van der Waals surface area contributed by atoms with Crippen LogP contribution in [0.2, 0.25) is 5.02 Å². The average molecular weight is 312 g/mol. The van der Waals surface area contributed by atoms with Crippen LogP contribution in [0.4, 0.5) is 4.39 Å². The van der Waals surface area contributed by atoms with Gasteiger partial charge in [0.05, 0.1) is 0 Å². The van der Waals surface area contributed by atoms with Crippen LogP contribution in [0.25, 0.3) is 0 Å². The second-order valence-electron chi connectivity index (χ2n) is 4.75. The Balaban J connectivity index is 1.98. The molecule has 0 aliphatic rings. The van der Waals surface area contributed by atoms with Crippen LogP contribution in [-0.2, 0) is 6.42 Å². The highest BCUT2D eigenvalue weighted by Crippen LogP contribution is 2.25. The molecule has 1 nitrogen and oxygen atoms in total. The van der Waals surface area contributed by atoms with Gasteiger partial charge in [-0.1, -0.05) is 30.7 Å². The van der Waals surface area contributed by atoms with Crippen LogP contribution in [0.15, 0.2) is 35.7 Å². The first-order chi connectivity index (χ1) is 9.70. The van der Waals surface area contributed by atoms with Gasteiger partial charge in [0.1, 0.15) is 5.82 Å². The Bertz CT molecular complexity index is 527. The summed E-state index contributed by atoms with van der Waals surface area (Å²) in [5.74, 6) is -0.223. The molecule has 1 aromatic heterocycles. The maximum Gasteiger partial charge on any atom is 0.129 e. The van der Waals surface area contributed by atoms with Crippen molar-refractivity contribution >= 4 is 22.9 Å². The lowest BCUT2D eigenvalue weighted by Gasteiger charge is -2.19. The lowest BCUT2D eigenvalue weighted by atomic mass is 10.00. The summed E-state index contributed by atoms with van der Waals surface area (Å²) in [6.07, 6.45) is 3.01. The molecule has 0 aliphatic carbocycles. The van der Waals surface area contributed by atoms with Gasteiger partial charge in [-0.2, -0.15) is 0 Å². The summed E-state index contributed by atoms with van der Waals surface area (Å²) >= 11 is 7.59. The lowest BCUT2D eigenvalue weighted by Crippen LogP contribution is -2.22. The number of nitrogens with one attached hydrogen (secondary N) is 1. The molecular formula is C16H19ClFNS. The Hall–Kier alpha value is -0.900. The molecule has 0 saturated heterocycles. The van der Waals surface area contributed by atoms with Crippen molar-refractivity contribution in [3.8, 4) is 0 Å². The van der Waals surface area contributed by atoms with Crippen molar-refractivity contribution in [2.75, 3.05) is 6.54 Å². The van der Waals surface area contributed by atoms with Gasteiger partial charge < -0.3 is 5.32 Å². The Labute approximate surface area is 128 Å². The molecule has 0 spiro atoms. The van der Waals surface area contributed by atoms with E-state index in [1.165, 1.54) is 10.9 Å². The normalized spacial score (nSPS) is 12.6. The number of aryl methyl sites for hydroxylation is 1. The maximum absolute atomic E-state index is 14.0. The fourth-order valence-electron chi connectivity index (χ4n) is 2.33. The number of hydrogen-bond donors (Lipinski definition) is 1. The SMILES string of the molecule is CCNC(CCCc1cccs1)c1ccc(Cl)cc1F. The molecule has 0 radical (unpaired) electrons. The smallest absolute Gasteiger partial charge is 0.129 e. The van der Waals surface area contributed by atoms with Crippen LogP contribution in [0.3, 0.4) is 0 Å². The molecule has 0 fully saturated rings. The number of rotatable bonds is 7. The topological polar surface area (TPSA) is 12.0 Å². The quantitative estimate of drug-likeness (QED) is 0.739. The van der Waals surface area contributed by atoms with Gasteiger partial charge in [-0.15, -0.1) is 11.3 Å². The molecule has 1 unspecified atom stereocenters. The summed E-state index contributed by atoms with van der Waals surface area (Å²) in [6.45, 7) is 2.87. The van der Waals surface area contributed by atoms with E-state index in [0.29, 0.717) is 10.6 Å². The minimum absolute atomic E-state index is 0.0530. The Morgan fingerprint density at radius 2 is 2.20 bits per heavy atom. The first kappa shape index (κ1) is 15.5.